The molecule has 1 heterocycles. The molecular formula is C13H13N3O2S2. The quantitative estimate of drug-likeness (QED) is 0.844. The van der Waals surface area contributed by atoms with Crippen molar-refractivity contribution >= 4 is 27.0 Å². The van der Waals surface area contributed by atoms with Crippen molar-refractivity contribution in [2.24, 2.45) is 0 Å². The summed E-state index contributed by atoms with van der Waals surface area (Å²) in [5, 5.41) is 10.9. The van der Waals surface area contributed by atoms with E-state index < -0.39 is 10.0 Å². The third kappa shape index (κ3) is 2.99. The normalized spacial score (nSPS) is 11.2. The van der Waals surface area contributed by atoms with Gasteiger partial charge in [0.2, 0.25) is 10.0 Å². The van der Waals surface area contributed by atoms with Gasteiger partial charge in [0.25, 0.3) is 0 Å². The lowest BCUT2D eigenvalue weighted by Crippen LogP contribution is -2.24. The van der Waals surface area contributed by atoms with Crippen LogP contribution in [0.15, 0.2) is 34.5 Å². The molecule has 7 heteroatoms. The number of hydrogen-bond donors (Lipinski definition) is 2. The Kier molecular flexibility index (Phi) is 4.09. The second-order valence-corrected chi connectivity index (χ2v) is 6.95. The highest BCUT2D eigenvalue weighted by Gasteiger charge is 2.19. The summed E-state index contributed by atoms with van der Waals surface area (Å²) in [6, 6.07) is 7.94. The Labute approximate surface area is 121 Å². The summed E-state index contributed by atoms with van der Waals surface area (Å²) in [6.07, 6.45) is 0. The summed E-state index contributed by atoms with van der Waals surface area (Å²) < 4.78 is 27.0. The van der Waals surface area contributed by atoms with E-state index >= 15 is 0 Å². The summed E-state index contributed by atoms with van der Waals surface area (Å²) in [5.74, 6) is 0. The van der Waals surface area contributed by atoms with Crippen LogP contribution in [0.2, 0.25) is 0 Å². The van der Waals surface area contributed by atoms with Gasteiger partial charge in [-0.2, -0.15) is 5.26 Å². The third-order valence-electron chi connectivity index (χ3n) is 2.80. The third-order valence-corrected chi connectivity index (χ3v) is 5.29. The summed E-state index contributed by atoms with van der Waals surface area (Å²) in [7, 11) is -3.73. The van der Waals surface area contributed by atoms with Crippen LogP contribution < -0.4 is 10.5 Å². The van der Waals surface area contributed by atoms with Gasteiger partial charge in [-0.05, 0) is 42.1 Å². The lowest BCUT2D eigenvalue weighted by Gasteiger charge is -2.08. The van der Waals surface area contributed by atoms with Crippen LogP contribution in [0.4, 0.5) is 5.69 Å². The number of thiophene rings is 1. The maximum Gasteiger partial charge on any atom is 0.242 e. The van der Waals surface area contributed by atoms with E-state index in [-0.39, 0.29) is 17.0 Å². The predicted octanol–water partition coefficient (Wildman–Crippen LogP) is 1.99. The van der Waals surface area contributed by atoms with Gasteiger partial charge in [-0.25, -0.2) is 13.1 Å². The molecule has 2 aromatic rings. The van der Waals surface area contributed by atoms with E-state index in [4.69, 9.17) is 11.0 Å². The molecule has 0 aliphatic carbocycles. The summed E-state index contributed by atoms with van der Waals surface area (Å²) in [5.41, 5.74) is 6.99. The smallest absolute Gasteiger partial charge is 0.242 e. The number of anilines is 1. The molecule has 20 heavy (non-hydrogen) atoms. The van der Waals surface area contributed by atoms with Crippen LogP contribution in [0.5, 0.6) is 0 Å². The predicted molar refractivity (Wildman–Crippen MR) is 78.7 cm³/mol. The van der Waals surface area contributed by atoms with Crippen molar-refractivity contribution in [1.29, 1.82) is 5.26 Å². The molecule has 5 nitrogen and oxygen atoms in total. The van der Waals surface area contributed by atoms with E-state index in [9.17, 15) is 8.42 Å². The van der Waals surface area contributed by atoms with Gasteiger partial charge >= 0.3 is 0 Å². The van der Waals surface area contributed by atoms with Gasteiger partial charge in [-0.1, -0.05) is 0 Å². The number of nitrogens with zero attached hydrogens (tertiary/aromatic N) is 1. The van der Waals surface area contributed by atoms with Crippen LogP contribution in [0.25, 0.3) is 0 Å². The molecule has 0 unspecified atom stereocenters. The average molecular weight is 307 g/mol. The fraction of sp³-hybridized carbons (Fsp3) is 0.154. The lowest BCUT2D eigenvalue weighted by atomic mass is 10.2. The van der Waals surface area contributed by atoms with Crippen molar-refractivity contribution in [3.63, 3.8) is 0 Å². The second-order valence-electron chi connectivity index (χ2n) is 4.22. The molecule has 0 fully saturated rings. The molecule has 0 aliphatic heterocycles. The van der Waals surface area contributed by atoms with Gasteiger partial charge in [0, 0.05) is 17.1 Å². The Morgan fingerprint density at radius 2 is 2.15 bits per heavy atom. The molecule has 0 saturated heterocycles. The van der Waals surface area contributed by atoms with Gasteiger partial charge in [-0.15, -0.1) is 11.3 Å². The minimum atomic E-state index is -3.73. The van der Waals surface area contributed by atoms with Gasteiger partial charge in [0.1, 0.15) is 6.07 Å². The Balaban J connectivity index is 2.28. The molecule has 2 rings (SSSR count). The first-order valence-electron chi connectivity index (χ1n) is 5.76. The molecule has 3 N–H and O–H groups in total. The number of sulfonamides is 1. The van der Waals surface area contributed by atoms with Crippen molar-refractivity contribution < 1.29 is 8.42 Å². The Hall–Kier alpha value is -1.88. The zero-order chi connectivity index (χ0) is 14.8. The molecule has 104 valence electrons. The van der Waals surface area contributed by atoms with Crippen LogP contribution in [-0.4, -0.2) is 8.42 Å². The number of hydrogen-bond acceptors (Lipinski definition) is 5. The van der Waals surface area contributed by atoms with Crippen LogP contribution in [0.1, 0.15) is 16.0 Å². The summed E-state index contributed by atoms with van der Waals surface area (Å²) in [4.78, 5) is 0.894. The van der Waals surface area contributed by atoms with Crippen molar-refractivity contribution in [3.8, 4) is 6.07 Å². The maximum absolute atomic E-state index is 12.2. The lowest BCUT2D eigenvalue weighted by molar-refractivity contribution is 0.581. The highest BCUT2D eigenvalue weighted by atomic mass is 32.2. The highest BCUT2D eigenvalue weighted by Crippen LogP contribution is 2.20. The van der Waals surface area contributed by atoms with Gasteiger partial charge < -0.3 is 5.73 Å². The van der Waals surface area contributed by atoms with E-state index in [1.54, 1.807) is 0 Å². The molecular weight excluding hydrogens is 294 g/mol. The monoisotopic (exact) mass is 307 g/mol. The van der Waals surface area contributed by atoms with Gasteiger partial charge in [0.15, 0.2) is 0 Å². The standard InChI is InChI=1S/C13H13N3O2S2/c1-9-4-5-19-12(9)8-16-20(17,18)13-3-2-11(15)6-10(13)7-14/h2-6,16H,8,15H2,1H3. The molecule has 0 bridgehead atoms. The van der Waals surface area contributed by atoms with Crippen LogP contribution in [-0.2, 0) is 16.6 Å². The SMILES string of the molecule is Cc1ccsc1CNS(=O)(=O)c1ccc(N)cc1C#N. The molecule has 1 aromatic heterocycles. The van der Waals surface area contributed by atoms with E-state index in [1.165, 1.54) is 29.5 Å². The van der Waals surface area contributed by atoms with E-state index in [0.29, 0.717) is 5.69 Å². The maximum atomic E-state index is 12.2. The topological polar surface area (TPSA) is 96.0 Å². The fourth-order valence-electron chi connectivity index (χ4n) is 1.69. The van der Waals surface area contributed by atoms with Crippen molar-refractivity contribution in [2.45, 2.75) is 18.4 Å². The second kappa shape index (κ2) is 5.63. The minimum Gasteiger partial charge on any atom is -0.399 e. The number of nitriles is 1. The van der Waals surface area contributed by atoms with E-state index in [2.05, 4.69) is 4.72 Å². The number of nitrogen functional groups attached to an aromatic ring is 1. The number of rotatable bonds is 4. The zero-order valence-corrected chi connectivity index (χ0v) is 12.4. The molecule has 0 aliphatic rings. The van der Waals surface area contributed by atoms with E-state index in [1.807, 2.05) is 24.4 Å². The Morgan fingerprint density at radius 3 is 2.75 bits per heavy atom. The Morgan fingerprint density at radius 1 is 1.40 bits per heavy atom. The number of nitrogens with two attached hydrogens (primary N) is 1. The van der Waals surface area contributed by atoms with Crippen LogP contribution >= 0.6 is 11.3 Å². The molecule has 0 amide bonds. The molecule has 0 atom stereocenters. The van der Waals surface area contributed by atoms with Crippen molar-refractivity contribution in [1.82, 2.24) is 4.72 Å². The van der Waals surface area contributed by atoms with Crippen molar-refractivity contribution in [3.05, 3.63) is 45.6 Å². The fourth-order valence-corrected chi connectivity index (χ4v) is 3.76. The average Bonchev–Trinajstić information content (AvgIpc) is 2.81. The summed E-state index contributed by atoms with van der Waals surface area (Å²) in [6.45, 7) is 2.13. The van der Waals surface area contributed by atoms with Crippen LogP contribution in [0, 0.1) is 18.3 Å². The van der Waals surface area contributed by atoms with Crippen molar-refractivity contribution in [2.75, 3.05) is 5.73 Å². The first-order valence-corrected chi connectivity index (χ1v) is 8.12. The molecule has 0 spiro atoms. The highest BCUT2D eigenvalue weighted by molar-refractivity contribution is 7.89. The molecule has 0 radical (unpaired) electrons. The largest absolute Gasteiger partial charge is 0.399 e. The Bertz CT molecular complexity index is 773. The number of aryl methyl sites for hydroxylation is 1. The first kappa shape index (κ1) is 14.5. The number of nitrogens with one attached hydrogen (secondary N) is 1. The van der Waals surface area contributed by atoms with Gasteiger partial charge in [0.05, 0.1) is 10.5 Å². The first-order chi connectivity index (χ1) is 9.44. The van der Waals surface area contributed by atoms with Crippen LogP contribution in [0.3, 0.4) is 0 Å². The minimum absolute atomic E-state index is 0.0420. The molecule has 0 saturated carbocycles. The van der Waals surface area contributed by atoms with Gasteiger partial charge in [-0.3, -0.25) is 0 Å². The van der Waals surface area contributed by atoms with E-state index in [0.717, 1.165) is 10.4 Å². The molecule has 1 aromatic carbocycles. The summed E-state index contributed by atoms with van der Waals surface area (Å²) >= 11 is 1.49. The number of benzene rings is 1. The zero-order valence-electron chi connectivity index (χ0n) is 10.8.